The standard InChI is InChI=1S/C27H44O4/c1-15-10-12-27(30-14-15)16(2)21-20(31-27)13-19-18-9-8-17-7-5-6-11-25(17,3)22(18)23(28)24(29)26(19,21)4/h15-24,28-29H,5-14H2,1-4H3/t15-,16+,17?,18+,19+,20+,21+,22-,23?,24?,25+,26+,27-/m1/s1. The van der Waals surface area contributed by atoms with Crippen molar-refractivity contribution >= 4 is 0 Å². The molecule has 4 aliphatic carbocycles. The van der Waals surface area contributed by atoms with Crippen LogP contribution in [0.5, 0.6) is 0 Å². The summed E-state index contributed by atoms with van der Waals surface area (Å²) in [6.07, 6.45) is 9.75. The molecule has 6 rings (SSSR count). The number of rotatable bonds is 0. The van der Waals surface area contributed by atoms with Crippen molar-refractivity contribution in [2.24, 2.45) is 52.3 Å². The van der Waals surface area contributed by atoms with Crippen molar-refractivity contribution in [3.8, 4) is 0 Å². The van der Waals surface area contributed by atoms with Crippen LogP contribution < -0.4 is 0 Å². The smallest absolute Gasteiger partial charge is 0.171 e. The Morgan fingerprint density at radius 2 is 1.71 bits per heavy atom. The van der Waals surface area contributed by atoms with E-state index in [4.69, 9.17) is 9.47 Å². The van der Waals surface area contributed by atoms with Crippen molar-refractivity contribution in [1.82, 2.24) is 0 Å². The largest absolute Gasteiger partial charge is 0.390 e. The normalized spacial score (nSPS) is 63.3. The molecule has 2 N–H and O–H groups in total. The highest BCUT2D eigenvalue weighted by Gasteiger charge is 2.73. The third kappa shape index (κ3) is 2.63. The van der Waals surface area contributed by atoms with Crippen LogP contribution in [0.15, 0.2) is 0 Å². The number of fused-ring (bicyclic) bond motifs is 7. The van der Waals surface area contributed by atoms with Crippen LogP contribution in [-0.2, 0) is 9.47 Å². The molecular weight excluding hydrogens is 388 g/mol. The minimum Gasteiger partial charge on any atom is -0.390 e. The highest BCUT2D eigenvalue weighted by atomic mass is 16.7. The number of hydrogen-bond acceptors (Lipinski definition) is 4. The molecule has 1 spiro atoms. The van der Waals surface area contributed by atoms with Gasteiger partial charge in [-0.25, -0.2) is 0 Å². The van der Waals surface area contributed by atoms with Crippen molar-refractivity contribution in [1.29, 1.82) is 0 Å². The lowest BCUT2D eigenvalue weighted by atomic mass is 9.43. The van der Waals surface area contributed by atoms with Gasteiger partial charge in [0.1, 0.15) is 0 Å². The number of ether oxygens (including phenoxy) is 2. The second-order valence-corrected chi connectivity index (χ2v) is 13.1. The van der Waals surface area contributed by atoms with E-state index in [0.29, 0.717) is 17.8 Å². The van der Waals surface area contributed by atoms with Crippen LogP contribution in [0.2, 0.25) is 0 Å². The van der Waals surface area contributed by atoms with E-state index in [-0.39, 0.29) is 34.7 Å². The number of hydrogen-bond donors (Lipinski definition) is 2. The Balaban J connectivity index is 1.34. The van der Waals surface area contributed by atoms with Gasteiger partial charge in [-0.3, -0.25) is 0 Å². The van der Waals surface area contributed by atoms with E-state index >= 15 is 0 Å². The van der Waals surface area contributed by atoms with Crippen LogP contribution in [0, 0.1) is 52.3 Å². The fourth-order valence-corrected chi connectivity index (χ4v) is 10.4. The van der Waals surface area contributed by atoms with E-state index in [9.17, 15) is 10.2 Å². The molecule has 2 aliphatic heterocycles. The quantitative estimate of drug-likeness (QED) is 0.579. The number of aliphatic hydroxyl groups is 2. The lowest BCUT2D eigenvalue weighted by molar-refractivity contribution is -0.277. The van der Waals surface area contributed by atoms with Crippen LogP contribution in [-0.4, -0.2) is 40.9 Å². The predicted molar refractivity (Wildman–Crippen MR) is 119 cm³/mol. The summed E-state index contributed by atoms with van der Waals surface area (Å²) in [5, 5.41) is 23.5. The fourth-order valence-electron chi connectivity index (χ4n) is 10.4. The zero-order valence-electron chi connectivity index (χ0n) is 20.1. The molecule has 31 heavy (non-hydrogen) atoms. The first kappa shape index (κ1) is 21.4. The molecule has 0 radical (unpaired) electrons. The molecule has 0 aromatic heterocycles. The summed E-state index contributed by atoms with van der Waals surface area (Å²) in [5.41, 5.74) is -0.0879. The van der Waals surface area contributed by atoms with Crippen molar-refractivity contribution in [2.75, 3.05) is 6.61 Å². The summed E-state index contributed by atoms with van der Waals surface area (Å²) in [4.78, 5) is 0. The Hall–Kier alpha value is -0.160. The zero-order valence-corrected chi connectivity index (χ0v) is 20.1. The van der Waals surface area contributed by atoms with Gasteiger partial charge in [-0.2, -0.15) is 0 Å². The fraction of sp³-hybridized carbons (Fsp3) is 1.00. The first-order valence-electron chi connectivity index (χ1n) is 13.4. The molecule has 4 nitrogen and oxygen atoms in total. The summed E-state index contributed by atoms with van der Waals surface area (Å²) < 4.78 is 13.2. The Morgan fingerprint density at radius 1 is 0.903 bits per heavy atom. The maximum Gasteiger partial charge on any atom is 0.171 e. The molecule has 4 heteroatoms. The molecule has 4 saturated carbocycles. The molecule has 6 fully saturated rings. The van der Waals surface area contributed by atoms with E-state index in [1.807, 2.05) is 0 Å². The van der Waals surface area contributed by atoms with Gasteiger partial charge in [0, 0.05) is 23.7 Å². The van der Waals surface area contributed by atoms with E-state index in [0.717, 1.165) is 31.8 Å². The molecular formula is C27H44O4. The van der Waals surface area contributed by atoms with Gasteiger partial charge in [0.2, 0.25) is 0 Å². The monoisotopic (exact) mass is 432 g/mol. The molecule has 0 aromatic carbocycles. The van der Waals surface area contributed by atoms with Crippen molar-refractivity contribution in [2.45, 2.75) is 110 Å². The van der Waals surface area contributed by atoms with Gasteiger partial charge in [-0.05, 0) is 73.5 Å². The topological polar surface area (TPSA) is 58.9 Å². The minimum absolute atomic E-state index is 0.163. The van der Waals surface area contributed by atoms with E-state index in [2.05, 4.69) is 27.7 Å². The average molecular weight is 433 g/mol. The highest BCUT2D eigenvalue weighted by molar-refractivity contribution is 5.19. The van der Waals surface area contributed by atoms with Crippen LogP contribution in [0.3, 0.4) is 0 Å². The summed E-state index contributed by atoms with van der Waals surface area (Å²) in [6.45, 7) is 10.1. The maximum atomic E-state index is 11.8. The van der Waals surface area contributed by atoms with Gasteiger partial charge >= 0.3 is 0 Å². The molecule has 3 unspecified atom stereocenters. The SMILES string of the molecule is C[C@@H]1CC[C@@]2(OC1)O[C@H]1C[C@H]3[C@@H]4CCC5CCCC[C@]5(C)[C@H]4C(O)C(O)[C@]3(C)[C@H]1[C@@H]2C. The average Bonchev–Trinajstić information content (AvgIpc) is 3.19. The maximum absolute atomic E-state index is 11.8. The van der Waals surface area contributed by atoms with Crippen LogP contribution in [0.25, 0.3) is 0 Å². The Labute approximate surface area is 188 Å². The van der Waals surface area contributed by atoms with Crippen LogP contribution in [0.1, 0.15) is 85.5 Å². The summed E-state index contributed by atoms with van der Waals surface area (Å²) in [5.74, 6) is 2.61. The predicted octanol–water partition coefficient (Wildman–Crippen LogP) is 4.76. The van der Waals surface area contributed by atoms with Crippen molar-refractivity contribution in [3.05, 3.63) is 0 Å². The lowest BCUT2D eigenvalue weighted by Gasteiger charge is -2.63. The summed E-state index contributed by atoms with van der Waals surface area (Å²) >= 11 is 0. The third-order valence-corrected chi connectivity index (χ3v) is 12.0. The molecule has 2 saturated heterocycles. The first-order valence-corrected chi connectivity index (χ1v) is 13.4. The molecule has 13 atom stereocenters. The van der Waals surface area contributed by atoms with Gasteiger partial charge in [-0.1, -0.05) is 40.5 Å². The third-order valence-electron chi connectivity index (χ3n) is 12.0. The summed E-state index contributed by atoms with van der Waals surface area (Å²) in [6, 6.07) is 0. The van der Waals surface area contributed by atoms with E-state index in [1.165, 1.54) is 38.5 Å². The minimum atomic E-state index is -0.657. The molecule has 0 amide bonds. The highest BCUT2D eigenvalue weighted by Crippen LogP contribution is 2.71. The van der Waals surface area contributed by atoms with Gasteiger partial charge in [-0.15, -0.1) is 0 Å². The summed E-state index contributed by atoms with van der Waals surface area (Å²) in [7, 11) is 0. The van der Waals surface area contributed by atoms with Gasteiger partial charge in [0.15, 0.2) is 5.79 Å². The van der Waals surface area contributed by atoms with E-state index in [1.54, 1.807) is 0 Å². The molecule has 6 aliphatic rings. The lowest BCUT2D eigenvalue weighted by Crippen LogP contribution is -2.65. The first-order chi connectivity index (χ1) is 14.7. The van der Waals surface area contributed by atoms with Crippen molar-refractivity contribution < 1.29 is 19.7 Å². The second kappa shape index (κ2) is 6.93. The van der Waals surface area contributed by atoms with Gasteiger partial charge in [0.05, 0.1) is 24.9 Å². The Kier molecular flexibility index (Phi) is 4.78. The Morgan fingerprint density at radius 3 is 2.45 bits per heavy atom. The Bertz CT molecular complexity index is 716. The zero-order chi connectivity index (χ0) is 21.8. The van der Waals surface area contributed by atoms with Gasteiger partial charge < -0.3 is 19.7 Å². The van der Waals surface area contributed by atoms with Crippen LogP contribution in [0.4, 0.5) is 0 Å². The molecule has 0 aromatic rings. The van der Waals surface area contributed by atoms with Crippen LogP contribution >= 0.6 is 0 Å². The van der Waals surface area contributed by atoms with Crippen molar-refractivity contribution in [3.63, 3.8) is 0 Å². The molecule has 2 heterocycles. The second-order valence-electron chi connectivity index (χ2n) is 13.1. The molecule has 0 bridgehead atoms. The number of aliphatic hydroxyl groups excluding tert-OH is 2. The van der Waals surface area contributed by atoms with Gasteiger partial charge in [0.25, 0.3) is 0 Å². The molecule has 176 valence electrons. The van der Waals surface area contributed by atoms with E-state index < -0.39 is 18.0 Å².